The molecule has 0 aliphatic carbocycles. The van der Waals surface area contributed by atoms with E-state index in [0.717, 1.165) is 75.5 Å². The number of carbonyl (C=O) groups excluding carboxylic acids is 5. The van der Waals surface area contributed by atoms with Crippen LogP contribution in [-0.4, -0.2) is 93.0 Å². The van der Waals surface area contributed by atoms with Crippen LogP contribution < -0.4 is 5.32 Å². The molecule has 0 fully saturated rings. The van der Waals surface area contributed by atoms with E-state index in [-0.39, 0.29) is 18.8 Å². The number of nitrogens with zero attached hydrogens (tertiary/aromatic N) is 5. The summed E-state index contributed by atoms with van der Waals surface area (Å²) in [6.07, 6.45) is 12.8. The van der Waals surface area contributed by atoms with Crippen LogP contribution in [0.4, 0.5) is 4.79 Å². The second-order valence-electron chi connectivity index (χ2n) is 10.8. The zero-order valence-corrected chi connectivity index (χ0v) is 29.0. The fraction of sp³-hybridized carbons (Fsp3) is 0.667. The highest BCUT2D eigenvalue weighted by Gasteiger charge is 2.19. The Morgan fingerprint density at radius 2 is 1.37 bits per heavy atom. The summed E-state index contributed by atoms with van der Waals surface area (Å²) >= 11 is 0. The van der Waals surface area contributed by atoms with Gasteiger partial charge in [0.1, 0.15) is 13.2 Å². The first-order valence-electron chi connectivity index (χ1n) is 16.5. The second-order valence-corrected chi connectivity index (χ2v) is 10.8. The van der Waals surface area contributed by atoms with Crippen molar-refractivity contribution in [2.75, 3.05) is 26.3 Å². The topological polar surface area (TPSA) is 196 Å². The molecule has 0 aromatic carbocycles. The van der Waals surface area contributed by atoms with E-state index < -0.39 is 36.5 Å². The van der Waals surface area contributed by atoms with Crippen molar-refractivity contribution in [3.05, 3.63) is 24.8 Å². The average Bonchev–Trinajstić information content (AvgIpc) is 3.08. The number of esters is 2. The van der Waals surface area contributed by atoms with Gasteiger partial charge in [-0.1, -0.05) is 65.5 Å². The highest BCUT2D eigenvalue weighted by molar-refractivity contribution is 5.87. The molecule has 49 heavy (non-hydrogen) atoms. The van der Waals surface area contributed by atoms with Gasteiger partial charge in [-0.3, -0.25) is 0 Å². The van der Waals surface area contributed by atoms with Crippen LogP contribution in [-0.2, 0) is 43.1 Å². The number of isocyanates is 2. The van der Waals surface area contributed by atoms with Crippen molar-refractivity contribution in [2.45, 2.75) is 116 Å². The van der Waals surface area contributed by atoms with Crippen molar-refractivity contribution in [3.63, 3.8) is 0 Å². The van der Waals surface area contributed by atoms with Crippen LogP contribution in [0.15, 0.2) is 44.8 Å². The van der Waals surface area contributed by atoms with Crippen molar-refractivity contribution in [1.82, 2.24) is 10.5 Å². The van der Waals surface area contributed by atoms with Crippen molar-refractivity contribution < 1.29 is 47.9 Å². The quantitative estimate of drug-likeness (QED) is 0.0152. The molecule has 3 atom stereocenters. The normalized spacial score (nSPS) is 12.7. The molecule has 0 aliphatic heterocycles. The molecule has 1 N–H and O–H groups in total. The van der Waals surface area contributed by atoms with Crippen LogP contribution in [0, 0.1) is 0 Å². The van der Waals surface area contributed by atoms with Gasteiger partial charge in [-0.25, -0.2) is 34.0 Å². The molecule has 0 spiro atoms. The standard InChI is InChI=1S/C33H52N6O10/c1-6-9-13-17-29(35-23-40)37-25-47-39(48-26-38-30(36-24-41)18-14-10-7-2)20-16-12-11-15-19-34-33(44)49-28(21-45-31(42)8-3)22-46-32(43)27(4)5/h8,25-26,28-30H,3-4,6-7,9-22H2,1-2,5H3,(H,34,44). The third-order valence-electron chi connectivity index (χ3n) is 6.47. The molecule has 16 nitrogen and oxygen atoms in total. The number of unbranched alkanes of at least 4 members (excludes halogenated alkanes) is 7. The number of carbonyl (C=O) groups is 3. The Hall–Kier alpha value is -4.65. The molecule has 1 amide bonds. The molecular formula is C33H52N6O10. The first kappa shape index (κ1) is 44.4. The van der Waals surface area contributed by atoms with Crippen LogP contribution in [0.1, 0.15) is 97.8 Å². The van der Waals surface area contributed by atoms with E-state index in [9.17, 15) is 24.0 Å². The van der Waals surface area contributed by atoms with E-state index >= 15 is 0 Å². The molecule has 16 heteroatoms. The molecule has 274 valence electrons. The second kappa shape index (κ2) is 30.7. The Bertz CT molecular complexity index is 1090. The molecule has 0 rings (SSSR count). The van der Waals surface area contributed by atoms with Crippen molar-refractivity contribution in [2.24, 2.45) is 20.0 Å². The van der Waals surface area contributed by atoms with Crippen molar-refractivity contribution in [1.29, 1.82) is 0 Å². The van der Waals surface area contributed by atoms with E-state index in [1.54, 1.807) is 0 Å². The van der Waals surface area contributed by atoms with E-state index in [1.807, 2.05) is 0 Å². The maximum Gasteiger partial charge on any atom is 0.407 e. The van der Waals surface area contributed by atoms with Gasteiger partial charge >= 0.3 is 18.0 Å². The van der Waals surface area contributed by atoms with Gasteiger partial charge in [-0.05, 0) is 45.4 Å². The first-order chi connectivity index (χ1) is 23.7. The zero-order chi connectivity index (χ0) is 36.5. The number of hydrogen-bond acceptors (Lipinski definition) is 15. The summed E-state index contributed by atoms with van der Waals surface area (Å²) in [7, 11) is 0. The average molecular weight is 693 g/mol. The summed E-state index contributed by atoms with van der Waals surface area (Å²) in [6, 6.07) is 0. The lowest BCUT2D eigenvalue weighted by molar-refractivity contribution is -0.271. The van der Waals surface area contributed by atoms with E-state index in [0.29, 0.717) is 38.8 Å². The molecular weight excluding hydrogens is 640 g/mol. The molecule has 0 saturated carbocycles. The Labute approximate surface area is 288 Å². The lowest BCUT2D eigenvalue weighted by Crippen LogP contribution is -2.35. The number of alkyl carbamates (subject to hydrolysis) is 1. The maximum absolute atomic E-state index is 12.3. The minimum Gasteiger partial charge on any atom is -0.458 e. The summed E-state index contributed by atoms with van der Waals surface area (Å²) in [5, 5.41) is 3.77. The molecule has 0 radical (unpaired) electrons. The highest BCUT2D eigenvalue weighted by Crippen LogP contribution is 2.10. The minimum absolute atomic E-state index is 0.167. The van der Waals surface area contributed by atoms with E-state index in [4.69, 9.17) is 23.9 Å². The van der Waals surface area contributed by atoms with E-state index in [1.165, 1.54) is 19.1 Å². The Morgan fingerprint density at radius 3 is 1.88 bits per heavy atom. The molecule has 0 aromatic rings. The minimum atomic E-state index is -1.03. The SMILES string of the molecule is C=CC(=O)OCC(COC(=O)C(=C)C)OC(=O)NCCCCCCN(OC=NC(CCCCC)N=C=O)OC=NC(CCCCC)N=C=O. The molecule has 0 saturated heterocycles. The fourth-order valence-corrected chi connectivity index (χ4v) is 3.80. The smallest absolute Gasteiger partial charge is 0.407 e. The highest BCUT2D eigenvalue weighted by atomic mass is 16.9. The first-order valence-corrected chi connectivity index (χ1v) is 16.5. The van der Waals surface area contributed by atoms with Crippen LogP contribution in [0.25, 0.3) is 0 Å². The number of hydrogen-bond donors (Lipinski definition) is 1. The van der Waals surface area contributed by atoms with Gasteiger partial charge in [-0.2, -0.15) is 9.98 Å². The fourth-order valence-electron chi connectivity index (χ4n) is 3.80. The molecule has 0 heterocycles. The number of rotatable bonds is 30. The molecule has 0 aliphatic rings. The number of hydroxylamine groups is 2. The third-order valence-corrected chi connectivity index (χ3v) is 6.47. The van der Waals surface area contributed by atoms with Crippen molar-refractivity contribution in [3.8, 4) is 0 Å². The number of nitrogens with one attached hydrogen (secondary N) is 1. The van der Waals surface area contributed by atoms with Crippen LogP contribution in [0.2, 0.25) is 0 Å². The summed E-state index contributed by atoms with van der Waals surface area (Å²) in [4.78, 5) is 83.8. The van der Waals surface area contributed by atoms with Gasteiger partial charge in [0.15, 0.2) is 18.4 Å². The van der Waals surface area contributed by atoms with Gasteiger partial charge in [0, 0.05) is 23.4 Å². The van der Waals surface area contributed by atoms with Crippen LogP contribution in [0.5, 0.6) is 0 Å². The van der Waals surface area contributed by atoms with Gasteiger partial charge in [0.25, 0.3) is 0 Å². The predicted octanol–water partition coefficient (Wildman–Crippen LogP) is 5.20. The lowest BCUT2D eigenvalue weighted by atomic mass is 10.2. The number of ether oxygens (including phenoxy) is 3. The maximum atomic E-state index is 12.3. The molecule has 0 aromatic heterocycles. The van der Waals surface area contributed by atoms with Crippen LogP contribution >= 0.6 is 0 Å². The summed E-state index contributed by atoms with van der Waals surface area (Å²) in [5.74, 6) is -1.39. The Balaban J connectivity index is 4.96. The summed E-state index contributed by atoms with van der Waals surface area (Å²) < 4.78 is 15.2. The van der Waals surface area contributed by atoms with Gasteiger partial charge in [0.05, 0.1) is 6.54 Å². The molecule has 0 bridgehead atoms. The van der Waals surface area contributed by atoms with Gasteiger partial charge in [0.2, 0.25) is 25.0 Å². The Kier molecular flexibility index (Phi) is 27.8. The Morgan fingerprint density at radius 1 is 0.816 bits per heavy atom. The van der Waals surface area contributed by atoms with Gasteiger partial charge < -0.3 is 29.2 Å². The number of amides is 1. The van der Waals surface area contributed by atoms with Crippen molar-refractivity contribution >= 4 is 43.0 Å². The lowest BCUT2D eigenvalue weighted by Gasteiger charge is -2.18. The zero-order valence-electron chi connectivity index (χ0n) is 29.0. The molecule has 3 unspecified atom stereocenters. The monoisotopic (exact) mass is 692 g/mol. The third kappa shape index (κ3) is 26.0. The summed E-state index contributed by atoms with van der Waals surface area (Å²) in [6.45, 7) is 12.3. The van der Waals surface area contributed by atoms with Gasteiger partial charge in [-0.15, -0.1) is 0 Å². The largest absolute Gasteiger partial charge is 0.458 e. The van der Waals surface area contributed by atoms with Crippen LogP contribution in [0.3, 0.4) is 0 Å². The predicted molar refractivity (Wildman–Crippen MR) is 182 cm³/mol. The number of aliphatic imine (C=N–C) groups is 4. The summed E-state index contributed by atoms with van der Waals surface area (Å²) in [5.41, 5.74) is 0.167. The van der Waals surface area contributed by atoms with E-state index in [2.05, 4.69) is 52.3 Å².